The third kappa shape index (κ3) is 4.30. The molecule has 0 spiro atoms. The van der Waals surface area contributed by atoms with Crippen molar-refractivity contribution in [2.45, 2.75) is 57.2 Å². The number of benzene rings is 1. The quantitative estimate of drug-likeness (QED) is 0.852. The van der Waals surface area contributed by atoms with Crippen molar-refractivity contribution >= 4 is 29.1 Å². The molecule has 0 bridgehead atoms. The maximum absolute atomic E-state index is 12.8. The molecule has 0 aromatic heterocycles. The summed E-state index contributed by atoms with van der Waals surface area (Å²) in [6.45, 7) is 5.72. The van der Waals surface area contributed by atoms with Crippen LogP contribution in [0.3, 0.4) is 0 Å². The molecule has 2 unspecified atom stereocenters. The van der Waals surface area contributed by atoms with Gasteiger partial charge in [-0.25, -0.2) is 0 Å². The molecule has 138 valence electrons. The molecule has 1 amide bonds. The second kappa shape index (κ2) is 7.83. The van der Waals surface area contributed by atoms with Crippen LogP contribution < -0.4 is 5.32 Å². The number of rotatable bonds is 4. The van der Waals surface area contributed by atoms with E-state index in [-0.39, 0.29) is 23.6 Å². The molecule has 4 nitrogen and oxygen atoms in total. The van der Waals surface area contributed by atoms with Gasteiger partial charge in [-0.05, 0) is 44.4 Å². The Morgan fingerprint density at radius 1 is 1.28 bits per heavy atom. The minimum absolute atomic E-state index is 0.147. The first-order valence-electron chi connectivity index (χ1n) is 9.00. The van der Waals surface area contributed by atoms with Crippen molar-refractivity contribution in [3.05, 3.63) is 33.8 Å². The number of nitrogens with zero attached hydrogens (tertiary/aromatic N) is 1. The van der Waals surface area contributed by atoms with Crippen LogP contribution in [0.25, 0.3) is 0 Å². The molecular formula is C19H26Cl2N2O2. The van der Waals surface area contributed by atoms with Gasteiger partial charge in [-0.2, -0.15) is 0 Å². The van der Waals surface area contributed by atoms with E-state index in [2.05, 4.69) is 5.32 Å². The van der Waals surface area contributed by atoms with Gasteiger partial charge in [0.2, 0.25) is 5.91 Å². The van der Waals surface area contributed by atoms with Crippen LogP contribution in [-0.4, -0.2) is 42.6 Å². The predicted octanol–water partition coefficient (Wildman–Crippen LogP) is 3.99. The highest BCUT2D eigenvalue weighted by Crippen LogP contribution is 2.30. The number of amides is 1. The van der Waals surface area contributed by atoms with Crippen LogP contribution in [0.4, 0.5) is 0 Å². The van der Waals surface area contributed by atoms with Crippen LogP contribution in [0.1, 0.15) is 45.1 Å². The Morgan fingerprint density at radius 2 is 2.04 bits per heavy atom. The van der Waals surface area contributed by atoms with Crippen LogP contribution >= 0.6 is 23.2 Å². The zero-order chi connectivity index (χ0) is 18.0. The number of carbonyl (C=O) groups is 1. The second-order valence-electron chi connectivity index (χ2n) is 7.46. The highest BCUT2D eigenvalue weighted by atomic mass is 35.5. The van der Waals surface area contributed by atoms with Crippen LogP contribution in [0.15, 0.2) is 18.2 Å². The van der Waals surface area contributed by atoms with E-state index in [0.717, 1.165) is 18.4 Å². The van der Waals surface area contributed by atoms with Crippen LogP contribution in [0, 0.1) is 0 Å². The molecule has 1 heterocycles. The summed E-state index contributed by atoms with van der Waals surface area (Å²) >= 11 is 12.1. The number of carbonyl (C=O) groups excluding carboxylic acids is 1. The second-order valence-corrected chi connectivity index (χ2v) is 8.27. The average molecular weight is 385 g/mol. The zero-order valence-electron chi connectivity index (χ0n) is 14.9. The summed E-state index contributed by atoms with van der Waals surface area (Å²) in [5.41, 5.74) is 0.634. The molecule has 1 aliphatic carbocycles. The number of morpholine rings is 1. The lowest BCUT2D eigenvalue weighted by Crippen LogP contribution is -2.57. The molecule has 1 aromatic carbocycles. The maximum atomic E-state index is 12.8. The lowest BCUT2D eigenvalue weighted by Gasteiger charge is -2.44. The standard InChI is InChI=1S/C19H26Cl2N2O2/c1-19(2,13-7-8-14(20)15(21)11-13)22-12-18(24)23-9-10-25-17-6-4-3-5-16(17)23/h7-8,11,16-17,22H,3-6,9-10,12H2,1-2H3. The minimum Gasteiger partial charge on any atom is -0.374 e. The lowest BCUT2D eigenvalue weighted by molar-refractivity contribution is -0.148. The van der Waals surface area contributed by atoms with Crippen molar-refractivity contribution in [2.75, 3.05) is 19.7 Å². The first kappa shape index (κ1) is 19.0. The van der Waals surface area contributed by atoms with Gasteiger partial charge in [-0.15, -0.1) is 0 Å². The Labute approximate surface area is 159 Å². The van der Waals surface area contributed by atoms with E-state index >= 15 is 0 Å². The molecule has 1 saturated carbocycles. The van der Waals surface area contributed by atoms with Crippen molar-refractivity contribution in [3.63, 3.8) is 0 Å². The zero-order valence-corrected chi connectivity index (χ0v) is 16.4. The van der Waals surface area contributed by atoms with Crippen molar-refractivity contribution < 1.29 is 9.53 Å². The fraction of sp³-hybridized carbons (Fsp3) is 0.632. The number of ether oxygens (including phenoxy) is 1. The van der Waals surface area contributed by atoms with Crippen molar-refractivity contribution in [3.8, 4) is 0 Å². The Bertz CT molecular complexity index is 634. The number of nitrogens with one attached hydrogen (secondary N) is 1. The highest BCUT2D eigenvalue weighted by Gasteiger charge is 2.36. The third-order valence-electron chi connectivity index (χ3n) is 5.38. The van der Waals surface area contributed by atoms with E-state index < -0.39 is 0 Å². The molecule has 1 aromatic rings. The van der Waals surface area contributed by atoms with E-state index in [1.807, 2.05) is 30.9 Å². The van der Waals surface area contributed by atoms with Gasteiger partial charge in [0.25, 0.3) is 0 Å². The number of halogens is 2. The van der Waals surface area contributed by atoms with Gasteiger partial charge in [-0.3, -0.25) is 10.1 Å². The molecular weight excluding hydrogens is 359 g/mol. The van der Waals surface area contributed by atoms with Gasteiger partial charge in [0.05, 0.1) is 35.3 Å². The van der Waals surface area contributed by atoms with Crippen LogP contribution in [0.2, 0.25) is 10.0 Å². The van der Waals surface area contributed by atoms with Crippen LogP contribution in [-0.2, 0) is 15.1 Å². The van der Waals surface area contributed by atoms with Crippen LogP contribution in [0.5, 0.6) is 0 Å². The minimum atomic E-state index is -0.373. The maximum Gasteiger partial charge on any atom is 0.236 e. The molecule has 1 aliphatic heterocycles. The number of hydrogen-bond acceptors (Lipinski definition) is 3. The molecule has 0 radical (unpaired) electrons. The largest absolute Gasteiger partial charge is 0.374 e. The van der Waals surface area contributed by atoms with Gasteiger partial charge in [-0.1, -0.05) is 42.1 Å². The predicted molar refractivity (Wildman–Crippen MR) is 101 cm³/mol. The summed E-state index contributed by atoms with van der Waals surface area (Å²) in [5.74, 6) is 0.147. The summed E-state index contributed by atoms with van der Waals surface area (Å²) in [4.78, 5) is 14.8. The van der Waals surface area contributed by atoms with Crippen molar-refractivity contribution in [1.82, 2.24) is 10.2 Å². The van der Waals surface area contributed by atoms with E-state index in [9.17, 15) is 4.79 Å². The van der Waals surface area contributed by atoms with E-state index in [0.29, 0.717) is 29.7 Å². The first-order chi connectivity index (χ1) is 11.9. The number of fused-ring (bicyclic) bond motifs is 1. The van der Waals surface area contributed by atoms with Crippen molar-refractivity contribution in [2.24, 2.45) is 0 Å². The third-order valence-corrected chi connectivity index (χ3v) is 6.11. The van der Waals surface area contributed by atoms with Crippen molar-refractivity contribution in [1.29, 1.82) is 0 Å². The number of hydrogen-bond donors (Lipinski definition) is 1. The fourth-order valence-electron chi connectivity index (χ4n) is 3.79. The molecule has 3 rings (SSSR count). The fourth-order valence-corrected chi connectivity index (χ4v) is 4.09. The summed E-state index contributed by atoms with van der Waals surface area (Å²) in [7, 11) is 0. The summed E-state index contributed by atoms with van der Waals surface area (Å²) in [5, 5.41) is 4.44. The molecule has 2 atom stereocenters. The Morgan fingerprint density at radius 3 is 2.80 bits per heavy atom. The van der Waals surface area contributed by atoms with E-state index in [1.165, 1.54) is 12.8 Å². The molecule has 25 heavy (non-hydrogen) atoms. The topological polar surface area (TPSA) is 41.6 Å². The lowest BCUT2D eigenvalue weighted by atomic mass is 9.90. The Kier molecular flexibility index (Phi) is 5.94. The van der Waals surface area contributed by atoms with Gasteiger partial charge in [0, 0.05) is 12.1 Å². The monoisotopic (exact) mass is 384 g/mol. The highest BCUT2D eigenvalue weighted by molar-refractivity contribution is 6.42. The van der Waals surface area contributed by atoms with Gasteiger partial charge >= 0.3 is 0 Å². The Balaban J connectivity index is 1.63. The first-order valence-corrected chi connectivity index (χ1v) is 9.76. The van der Waals surface area contributed by atoms with Gasteiger partial charge < -0.3 is 9.64 Å². The molecule has 2 fully saturated rings. The smallest absolute Gasteiger partial charge is 0.236 e. The summed E-state index contributed by atoms with van der Waals surface area (Å²) in [6, 6.07) is 5.83. The summed E-state index contributed by atoms with van der Waals surface area (Å²) < 4.78 is 5.86. The molecule has 6 heteroatoms. The molecule has 2 aliphatic rings. The van der Waals surface area contributed by atoms with E-state index in [1.54, 1.807) is 6.07 Å². The van der Waals surface area contributed by atoms with E-state index in [4.69, 9.17) is 27.9 Å². The molecule has 1 N–H and O–H groups in total. The Hall–Kier alpha value is -0.810. The normalized spacial score (nSPS) is 24.1. The molecule has 1 saturated heterocycles. The van der Waals surface area contributed by atoms with Gasteiger partial charge in [0.1, 0.15) is 0 Å². The average Bonchev–Trinajstić information content (AvgIpc) is 2.61. The summed E-state index contributed by atoms with van der Waals surface area (Å²) in [6.07, 6.45) is 4.71. The SMILES string of the molecule is CC(C)(NCC(=O)N1CCOC2CCCCC21)c1ccc(Cl)c(Cl)c1. The van der Waals surface area contributed by atoms with Gasteiger partial charge in [0.15, 0.2) is 0 Å².